The van der Waals surface area contributed by atoms with Gasteiger partial charge >= 0.3 is 0 Å². The van der Waals surface area contributed by atoms with Crippen LogP contribution in [0, 0.1) is 17.2 Å². The highest BCUT2D eigenvalue weighted by atomic mass is 15.3. The second-order valence-electron chi connectivity index (χ2n) is 4.97. The van der Waals surface area contributed by atoms with Crippen molar-refractivity contribution in [3.05, 3.63) is 24.5 Å². The van der Waals surface area contributed by atoms with Crippen molar-refractivity contribution in [1.29, 1.82) is 5.26 Å². The second kappa shape index (κ2) is 5.83. The Labute approximate surface area is 109 Å². The molecular formula is C14H20N4. The molecule has 1 saturated carbocycles. The summed E-state index contributed by atoms with van der Waals surface area (Å²) in [6.07, 6.45) is 8.80. The molecule has 96 valence electrons. The number of nitrogens with zero attached hydrogens (tertiary/aromatic N) is 4. The van der Waals surface area contributed by atoms with Crippen LogP contribution in [0.1, 0.15) is 31.7 Å². The maximum Gasteiger partial charge on any atom is 0.0635 e. The molecule has 1 heterocycles. The molecule has 1 fully saturated rings. The van der Waals surface area contributed by atoms with Gasteiger partial charge in [-0.3, -0.25) is 4.90 Å². The minimum atomic E-state index is 0.561. The lowest BCUT2D eigenvalue weighted by molar-refractivity contribution is 0.185. The topological polar surface area (TPSA) is 44.9 Å². The fraction of sp³-hybridized carbons (Fsp3) is 0.571. The van der Waals surface area contributed by atoms with E-state index < -0.39 is 0 Å². The second-order valence-corrected chi connectivity index (χ2v) is 4.97. The highest BCUT2D eigenvalue weighted by molar-refractivity contribution is 5.17. The molecule has 1 aliphatic carbocycles. The highest BCUT2D eigenvalue weighted by Gasteiger charge is 2.31. The molecule has 0 aliphatic heterocycles. The smallest absolute Gasteiger partial charge is 0.0635 e. The number of hydrogen-bond donors (Lipinski definition) is 0. The van der Waals surface area contributed by atoms with Crippen LogP contribution in [0.2, 0.25) is 0 Å². The number of aromatic nitrogens is 2. The van der Waals surface area contributed by atoms with Gasteiger partial charge in [-0.05, 0) is 25.7 Å². The number of hydrogen-bond acceptors (Lipinski definition) is 3. The Balaban J connectivity index is 1.99. The minimum Gasteiger partial charge on any atom is -0.295 e. The first-order valence-electron chi connectivity index (χ1n) is 6.51. The van der Waals surface area contributed by atoms with Crippen LogP contribution < -0.4 is 0 Å². The fourth-order valence-electron chi connectivity index (χ4n) is 2.29. The molecule has 0 spiro atoms. The van der Waals surface area contributed by atoms with Crippen molar-refractivity contribution in [2.24, 2.45) is 5.92 Å². The monoisotopic (exact) mass is 244 g/mol. The molecule has 4 nitrogen and oxygen atoms in total. The third-order valence-electron chi connectivity index (χ3n) is 3.62. The lowest BCUT2D eigenvalue weighted by Crippen LogP contribution is -2.34. The van der Waals surface area contributed by atoms with E-state index in [4.69, 9.17) is 5.26 Å². The fourth-order valence-corrected chi connectivity index (χ4v) is 2.29. The SMILES string of the molecule is C=Cn1cc(CN(CCC#N)C(C)C2CC2)cn1. The summed E-state index contributed by atoms with van der Waals surface area (Å²) >= 11 is 0. The lowest BCUT2D eigenvalue weighted by atomic mass is 10.1. The van der Waals surface area contributed by atoms with Gasteiger partial charge in [0.05, 0.1) is 12.3 Å². The van der Waals surface area contributed by atoms with Crippen LogP contribution in [0.15, 0.2) is 19.0 Å². The van der Waals surface area contributed by atoms with Crippen LogP contribution in [-0.4, -0.2) is 27.3 Å². The Hall–Kier alpha value is -1.60. The van der Waals surface area contributed by atoms with Crippen LogP contribution in [0.3, 0.4) is 0 Å². The molecule has 1 aromatic rings. The van der Waals surface area contributed by atoms with Crippen LogP contribution in [0.25, 0.3) is 6.20 Å². The summed E-state index contributed by atoms with van der Waals surface area (Å²) in [6, 6.07) is 2.80. The first kappa shape index (κ1) is 12.8. The molecule has 0 bridgehead atoms. The van der Waals surface area contributed by atoms with Crippen molar-refractivity contribution in [3.63, 3.8) is 0 Å². The van der Waals surface area contributed by atoms with E-state index in [9.17, 15) is 0 Å². The molecule has 1 atom stereocenters. The summed E-state index contributed by atoms with van der Waals surface area (Å²) in [5.41, 5.74) is 1.18. The first-order valence-corrected chi connectivity index (χ1v) is 6.51. The van der Waals surface area contributed by atoms with Crippen molar-refractivity contribution >= 4 is 6.20 Å². The van der Waals surface area contributed by atoms with Crippen LogP contribution in [0.5, 0.6) is 0 Å². The zero-order chi connectivity index (χ0) is 13.0. The maximum atomic E-state index is 8.75. The van der Waals surface area contributed by atoms with Crippen molar-refractivity contribution in [2.45, 2.75) is 38.8 Å². The third kappa shape index (κ3) is 3.21. The normalized spacial score (nSPS) is 16.5. The molecular weight excluding hydrogens is 224 g/mol. The van der Waals surface area contributed by atoms with E-state index >= 15 is 0 Å². The van der Waals surface area contributed by atoms with Gasteiger partial charge in [-0.1, -0.05) is 6.58 Å². The van der Waals surface area contributed by atoms with Gasteiger partial charge in [-0.2, -0.15) is 10.4 Å². The van der Waals surface area contributed by atoms with E-state index in [0.29, 0.717) is 12.5 Å². The Bertz CT molecular complexity index is 439. The van der Waals surface area contributed by atoms with Crippen molar-refractivity contribution < 1.29 is 0 Å². The van der Waals surface area contributed by atoms with Gasteiger partial charge in [-0.25, -0.2) is 4.68 Å². The Morgan fingerprint density at radius 2 is 2.50 bits per heavy atom. The van der Waals surface area contributed by atoms with E-state index in [1.165, 1.54) is 18.4 Å². The molecule has 0 saturated heterocycles. The highest BCUT2D eigenvalue weighted by Crippen LogP contribution is 2.35. The number of nitriles is 1. The van der Waals surface area contributed by atoms with E-state index in [-0.39, 0.29) is 0 Å². The average molecular weight is 244 g/mol. The molecule has 0 radical (unpaired) electrons. The van der Waals surface area contributed by atoms with Crippen molar-refractivity contribution in [1.82, 2.24) is 14.7 Å². The van der Waals surface area contributed by atoms with Gasteiger partial charge in [0.25, 0.3) is 0 Å². The molecule has 0 amide bonds. The standard InChI is InChI=1S/C14H20N4/c1-3-18-11-13(9-16-18)10-17(8-4-7-15)12(2)14-5-6-14/h3,9,11-12,14H,1,4-6,8,10H2,2H3. The first-order chi connectivity index (χ1) is 8.74. The van der Waals surface area contributed by atoms with Gasteiger partial charge in [0.1, 0.15) is 0 Å². The summed E-state index contributed by atoms with van der Waals surface area (Å²) in [7, 11) is 0. The largest absolute Gasteiger partial charge is 0.295 e. The Kier molecular flexibility index (Phi) is 4.16. The summed E-state index contributed by atoms with van der Waals surface area (Å²) < 4.78 is 1.72. The maximum absolute atomic E-state index is 8.75. The summed E-state index contributed by atoms with van der Waals surface area (Å²) in [6.45, 7) is 7.67. The van der Waals surface area contributed by atoms with E-state index in [1.54, 1.807) is 10.9 Å². The number of rotatable bonds is 7. The quantitative estimate of drug-likeness (QED) is 0.740. The van der Waals surface area contributed by atoms with E-state index in [0.717, 1.165) is 19.0 Å². The third-order valence-corrected chi connectivity index (χ3v) is 3.62. The van der Waals surface area contributed by atoms with Gasteiger partial charge in [0, 0.05) is 43.5 Å². The Morgan fingerprint density at radius 1 is 1.72 bits per heavy atom. The molecule has 2 rings (SSSR count). The van der Waals surface area contributed by atoms with Gasteiger partial charge < -0.3 is 0 Å². The van der Waals surface area contributed by atoms with E-state index in [1.807, 2.05) is 12.4 Å². The van der Waals surface area contributed by atoms with Gasteiger partial charge in [-0.15, -0.1) is 0 Å². The van der Waals surface area contributed by atoms with Gasteiger partial charge in [0.2, 0.25) is 0 Å². The summed E-state index contributed by atoms with van der Waals surface area (Å²) in [5, 5.41) is 12.9. The molecule has 1 unspecified atom stereocenters. The van der Waals surface area contributed by atoms with Crippen LogP contribution in [-0.2, 0) is 6.54 Å². The van der Waals surface area contributed by atoms with Crippen molar-refractivity contribution in [3.8, 4) is 6.07 Å². The van der Waals surface area contributed by atoms with Gasteiger partial charge in [0.15, 0.2) is 0 Å². The van der Waals surface area contributed by atoms with Crippen molar-refractivity contribution in [2.75, 3.05) is 6.54 Å². The van der Waals surface area contributed by atoms with Crippen LogP contribution in [0.4, 0.5) is 0 Å². The lowest BCUT2D eigenvalue weighted by Gasteiger charge is -2.27. The molecule has 18 heavy (non-hydrogen) atoms. The predicted molar refractivity (Wildman–Crippen MR) is 71.4 cm³/mol. The van der Waals surface area contributed by atoms with Crippen LogP contribution >= 0.6 is 0 Å². The average Bonchev–Trinajstić information content (AvgIpc) is 3.14. The predicted octanol–water partition coefficient (Wildman–Crippen LogP) is 2.50. The summed E-state index contributed by atoms with van der Waals surface area (Å²) in [4.78, 5) is 2.39. The molecule has 0 aromatic carbocycles. The Morgan fingerprint density at radius 3 is 3.06 bits per heavy atom. The molecule has 1 aromatic heterocycles. The molecule has 4 heteroatoms. The minimum absolute atomic E-state index is 0.561. The molecule has 0 N–H and O–H groups in total. The zero-order valence-corrected chi connectivity index (χ0v) is 10.9. The zero-order valence-electron chi connectivity index (χ0n) is 10.9. The van der Waals surface area contributed by atoms with E-state index in [2.05, 4.69) is 29.6 Å². The summed E-state index contributed by atoms with van der Waals surface area (Å²) in [5.74, 6) is 0.818. The molecule has 1 aliphatic rings.